The largest absolute Gasteiger partial charge is 0.492 e. The molecular weight excluding hydrogens is 344 g/mol. The molecule has 2 rings (SSSR count). The van der Waals surface area contributed by atoms with Crippen LogP contribution in [0.5, 0.6) is 5.75 Å². The van der Waals surface area contributed by atoms with Crippen molar-refractivity contribution in [1.82, 2.24) is 9.19 Å². The van der Waals surface area contributed by atoms with Crippen molar-refractivity contribution in [3.63, 3.8) is 0 Å². The SMILES string of the molecule is CCCOc1cc(S(=O)(=O)n2ccc(C)n2)ccc1Br. The van der Waals surface area contributed by atoms with Gasteiger partial charge < -0.3 is 4.74 Å². The van der Waals surface area contributed by atoms with E-state index in [-0.39, 0.29) is 4.90 Å². The molecule has 0 fully saturated rings. The van der Waals surface area contributed by atoms with Gasteiger partial charge in [0.1, 0.15) is 5.75 Å². The Morgan fingerprint density at radius 1 is 1.35 bits per heavy atom. The predicted octanol–water partition coefficient (Wildman–Crippen LogP) is 2.98. The lowest BCUT2D eigenvalue weighted by Gasteiger charge is -2.10. The Balaban J connectivity index is 2.42. The van der Waals surface area contributed by atoms with E-state index in [9.17, 15) is 8.42 Å². The molecule has 7 heteroatoms. The molecule has 0 saturated carbocycles. The lowest BCUT2D eigenvalue weighted by molar-refractivity contribution is 0.314. The van der Waals surface area contributed by atoms with Crippen molar-refractivity contribution in [2.45, 2.75) is 25.2 Å². The van der Waals surface area contributed by atoms with E-state index in [2.05, 4.69) is 21.0 Å². The molecule has 1 aromatic heterocycles. The van der Waals surface area contributed by atoms with Crippen molar-refractivity contribution in [1.29, 1.82) is 0 Å². The molecule has 0 bridgehead atoms. The van der Waals surface area contributed by atoms with Gasteiger partial charge >= 0.3 is 0 Å². The van der Waals surface area contributed by atoms with E-state index in [0.717, 1.165) is 15.0 Å². The van der Waals surface area contributed by atoms with Crippen molar-refractivity contribution in [3.8, 4) is 5.75 Å². The summed E-state index contributed by atoms with van der Waals surface area (Å²) in [6.07, 6.45) is 2.28. The molecule has 0 atom stereocenters. The zero-order valence-corrected chi connectivity index (χ0v) is 13.6. The number of benzene rings is 1. The maximum absolute atomic E-state index is 12.4. The van der Waals surface area contributed by atoms with Gasteiger partial charge in [0.25, 0.3) is 10.0 Å². The Morgan fingerprint density at radius 3 is 2.70 bits per heavy atom. The van der Waals surface area contributed by atoms with E-state index in [4.69, 9.17) is 4.74 Å². The molecule has 0 unspecified atom stereocenters. The van der Waals surface area contributed by atoms with E-state index < -0.39 is 10.0 Å². The second-order valence-corrected chi connectivity index (χ2v) is 6.93. The number of aromatic nitrogens is 2. The standard InChI is InChI=1S/C13H15BrN2O3S/c1-3-8-19-13-9-11(4-5-12(13)14)20(17,18)16-7-6-10(2)15-16/h4-7,9H,3,8H2,1-2H3. The second-order valence-electron chi connectivity index (χ2n) is 4.28. The summed E-state index contributed by atoms with van der Waals surface area (Å²) in [4.78, 5) is 0.148. The van der Waals surface area contributed by atoms with Crippen LogP contribution in [0.15, 0.2) is 39.8 Å². The summed E-state index contributed by atoms with van der Waals surface area (Å²) in [5.74, 6) is 0.511. The molecule has 20 heavy (non-hydrogen) atoms. The highest BCUT2D eigenvalue weighted by Crippen LogP contribution is 2.28. The van der Waals surface area contributed by atoms with Gasteiger partial charge in [0.05, 0.1) is 21.7 Å². The van der Waals surface area contributed by atoms with Crippen LogP contribution in [0.1, 0.15) is 19.0 Å². The van der Waals surface area contributed by atoms with Crippen molar-refractivity contribution in [3.05, 3.63) is 40.6 Å². The van der Waals surface area contributed by atoms with Crippen LogP contribution < -0.4 is 4.74 Å². The molecule has 1 heterocycles. The highest BCUT2D eigenvalue weighted by atomic mass is 79.9. The van der Waals surface area contributed by atoms with Crippen molar-refractivity contribution in [2.24, 2.45) is 0 Å². The Morgan fingerprint density at radius 2 is 2.10 bits per heavy atom. The maximum Gasteiger partial charge on any atom is 0.283 e. The van der Waals surface area contributed by atoms with Crippen LogP contribution in [0, 0.1) is 6.92 Å². The van der Waals surface area contributed by atoms with Gasteiger partial charge in [0, 0.05) is 12.3 Å². The highest BCUT2D eigenvalue weighted by Gasteiger charge is 2.19. The summed E-state index contributed by atoms with van der Waals surface area (Å²) in [5.41, 5.74) is 0.646. The van der Waals surface area contributed by atoms with Crippen LogP contribution >= 0.6 is 15.9 Å². The molecule has 0 aliphatic carbocycles. The fourth-order valence-electron chi connectivity index (χ4n) is 1.60. The van der Waals surface area contributed by atoms with Crippen molar-refractivity contribution < 1.29 is 13.2 Å². The number of nitrogens with zero attached hydrogens (tertiary/aromatic N) is 2. The molecule has 0 N–H and O–H groups in total. The van der Waals surface area contributed by atoms with Gasteiger partial charge in [0.15, 0.2) is 0 Å². The molecule has 0 aliphatic rings. The Kier molecular flexibility index (Phi) is 4.49. The monoisotopic (exact) mass is 358 g/mol. The van der Waals surface area contributed by atoms with Gasteiger partial charge in [-0.3, -0.25) is 0 Å². The van der Waals surface area contributed by atoms with Gasteiger partial charge in [-0.25, -0.2) is 0 Å². The summed E-state index contributed by atoms with van der Waals surface area (Å²) >= 11 is 3.35. The van der Waals surface area contributed by atoms with E-state index in [1.807, 2.05) is 6.92 Å². The molecule has 108 valence electrons. The predicted molar refractivity (Wildman–Crippen MR) is 79.5 cm³/mol. The van der Waals surface area contributed by atoms with Gasteiger partial charge in [-0.05, 0) is 47.5 Å². The average Bonchev–Trinajstić information content (AvgIpc) is 2.85. The van der Waals surface area contributed by atoms with Crippen LogP contribution in [0.4, 0.5) is 0 Å². The first kappa shape index (κ1) is 15.1. The molecule has 0 aliphatic heterocycles. The minimum Gasteiger partial charge on any atom is -0.492 e. The van der Waals surface area contributed by atoms with E-state index >= 15 is 0 Å². The third-order valence-corrected chi connectivity index (χ3v) is 4.81. The van der Waals surface area contributed by atoms with Gasteiger partial charge in [0.2, 0.25) is 0 Å². The number of ether oxygens (including phenoxy) is 1. The minimum atomic E-state index is -3.68. The van der Waals surface area contributed by atoms with E-state index in [1.165, 1.54) is 18.3 Å². The second kappa shape index (κ2) is 5.97. The zero-order chi connectivity index (χ0) is 14.8. The van der Waals surface area contributed by atoms with Gasteiger partial charge in [-0.15, -0.1) is 0 Å². The number of aryl methyl sites for hydroxylation is 1. The molecule has 2 aromatic rings. The molecule has 0 radical (unpaired) electrons. The average molecular weight is 359 g/mol. The summed E-state index contributed by atoms with van der Waals surface area (Å²) in [7, 11) is -3.68. The minimum absolute atomic E-state index is 0.148. The molecular formula is C13H15BrN2O3S. The number of hydrogen-bond acceptors (Lipinski definition) is 4. The topological polar surface area (TPSA) is 61.2 Å². The normalized spacial score (nSPS) is 11.6. The lowest BCUT2D eigenvalue weighted by Crippen LogP contribution is -2.14. The Bertz CT molecular complexity index is 710. The smallest absolute Gasteiger partial charge is 0.283 e. The van der Waals surface area contributed by atoms with Crippen molar-refractivity contribution >= 4 is 26.0 Å². The first-order valence-corrected chi connectivity index (χ1v) is 8.38. The molecule has 0 spiro atoms. The summed E-state index contributed by atoms with van der Waals surface area (Å²) in [6.45, 7) is 4.26. The van der Waals surface area contributed by atoms with Crippen LogP contribution in [0.2, 0.25) is 0 Å². The molecule has 0 amide bonds. The van der Waals surface area contributed by atoms with E-state index in [1.54, 1.807) is 19.1 Å². The van der Waals surface area contributed by atoms with Crippen LogP contribution in [-0.4, -0.2) is 24.2 Å². The first-order valence-electron chi connectivity index (χ1n) is 6.15. The van der Waals surface area contributed by atoms with Crippen LogP contribution in [0.25, 0.3) is 0 Å². The molecule has 0 saturated heterocycles. The maximum atomic E-state index is 12.4. The van der Waals surface area contributed by atoms with Crippen LogP contribution in [-0.2, 0) is 10.0 Å². The Labute approximate surface area is 126 Å². The highest BCUT2D eigenvalue weighted by molar-refractivity contribution is 9.10. The molecule has 5 nitrogen and oxygen atoms in total. The van der Waals surface area contributed by atoms with Crippen LogP contribution in [0.3, 0.4) is 0 Å². The first-order chi connectivity index (χ1) is 9.45. The summed E-state index contributed by atoms with van der Waals surface area (Å²) in [6, 6.07) is 6.33. The lowest BCUT2D eigenvalue weighted by atomic mass is 10.3. The molecule has 1 aromatic carbocycles. The van der Waals surface area contributed by atoms with Gasteiger partial charge in [-0.2, -0.15) is 17.6 Å². The summed E-state index contributed by atoms with van der Waals surface area (Å²) in [5, 5.41) is 3.95. The number of halogens is 1. The number of rotatable bonds is 5. The van der Waals surface area contributed by atoms with Crippen molar-refractivity contribution in [2.75, 3.05) is 6.61 Å². The number of hydrogen-bond donors (Lipinski definition) is 0. The zero-order valence-electron chi connectivity index (χ0n) is 11.2. The van der Waals surface area contributed by atoms with E-state index in [0.29, 0.717) is 18.1 Å². The Hall–Kier alpha value is -1.34. The van der Waals surface area contributed by atoms with Gasteiger partial charge in [-0.1, -0.05) is 6.92 Å². The fourth-order valence-corrected chi connectivity index (χ4v) is 3.13. The third-order valence-electron chi connectivity index (χ3n) is 2.61. The third kappa shape index (κ3) is 3.04. The quantitative estimate of drug-likeness (QED) is 0.824. The fraction of sp³-hybridized carbons (Fsp3) is 0.308. The summed E-state index contributed by atoms with van der Waals surface area (Å²) < 4.78 is 32.0.